The zero-order valence-electron chi connectivity index (χ0n) is 14.7. The predicted octanol–water partition coefficient (Wildman–Crippen LogP) is 4.98. The summed E-state index contributed by atoms with van der Waals surface area (Å²) in [6.45, 7) is 14.7. The second kappa shape index (κ2) is 7.63. The molecule has 0 bridgehead atoms. The number of hydrogen-bond acceptors (Lipinski definition) is 1. The maximum absolute atomic E-state index is 12.7. The number of rotatable bonds is 3. The van der Waals surface area contributed by atoms with Crippen LogP contribution in [0.3, 0.4) is 0 Å². The van der Waals surface area contributed by atoms with Crippen LogP contribution in [0.5, 0.6) is 0 Å². The summed E-state index contributed by atoms with van der Waals surface area (Å²) in [4.78, 5) is 14.8. The Morgan fingerprint density at radius 2 is 1.90 bits per heavy atom. The Kier molecular flexibility index (Phi) is 6.44. The molecule has 1 amide bonds. The van der Waals surface area contributed by atoms with Crippen LogP contribution in [-0.4, -0.2) is 11.9 Å². The summed E-state index contributed by atoms with van der Waals surface area (Å²) in [5, 5.41) is 0. The van der Waals surface area contributed by atoms with Gasteiger partial charge in [0.1, 0.15) is 0 Å². The van der Waals surface area contributed by atoms with Gasteiger partial charge in [0, 0.05) is 12.0 Å². The molecule has 0 spiro atoms. The fourth-order valence-electron chi connectivity index (χ4n) is 3.23. The van der Waals surface area contributed by atoms with Gasteiger partial charge in [0.25, 0.3) is 0 Å². The van der Waals surface area contributed by atoms with Gasteiger partial charge < -0.3 is 4.90 Å². The molecule has 1 aromatic carbocycles. The Hall–Kier alpha value is -1.31. The molecule has 21 heavy (non-hydrogen) atoms. The number of benzene rings is 1. The van der Waals surface area contributed by atoms with Crippen molar-refractivity contribution in [3.05, 3.63) is 29.3 Å². The standard InChI is InChI=1S/C17H25NO.C2H6/c1-11(2)9-13(4)17(19)18-14(5)10-15-8-6-7-12(3)16(15)18;1-2/h6-8,11,13-14H,9-10H2,1-5H3;1-2H3. The minimum Gasteiger partial charge on any atom is -0.309 e. The highest BCUT2D eigenvalue weighted by atomic mass is 16.2. The first-order valence-corrected chi connectivity index (χ1v) is 8.33. The van der Waals surface area contributed by atoms with Crippen LogP contribution in [0.4, 0.5) is 5.69 Å². The Balaban J connectivity index is 0.00000106. The van der Waals surface area contributed by atoms with Crippen LogP contribution in [0.2, 0.25) is 0 Å². The Morgan fingerprint density at radius 1 is 1.29 bits per heavy atom. The van der Waals surface area contributed by atoms with E-state index in [9.17, 15) is 4.79 Å². The lowest BCUT2D eigenvalue weighted by atomic mass is 9.97. The van der Waals surface area contributed by atoms with Crippen molar-refractivity contribution in [3.8, 4) is 0 Å². The number of para-hydroxylation sites is 1. The van der Waals surface area contributed by atoms with Crippen molar-refractivity contribution in [2.45, 2.75) is 67.3 Å². The highest BCUT2D eigenvalue weighted by Gasteiger charge is 2.34. The highest BCUT2D eigenvalue weighted by Crippen LogP contribution is 2.36. The Bertz CT molecular complexity index is 478. The second-order valence-corrected chi connectivity index (χ2v) is 6.37. The van der Waals surface area contributed by atoms with Gasteiger partial charge in [-0.2, -0.15) is 0 Å². The average Bonchev–Trinajstić information content (AvgIpc) is 2.77. The molecular formula is C19H31NO. The highest BCUT2D eigenvalue weighted by molar-refractivity contribution is 5.98. The van der Waals surface area contributed by atoms with Crippen LogP contribution in [0, 0.1) is 18.8 Å². The van der Waals surface area contributed by atoms with E-state index in [1.807, 2.05) is 18.7 Å². The van der Waals surface area contributed by atoms with Crippen molar-refractivity contribution in [1.82, 2.24) is 0 Å². The van der Waals surface area contributed by atoms with Crippen molar-refractivity contribution in [3.63, 3.8) is 0 Å². The van der Waals surface area contributed by atoms with Crippen LogP contribution >= 0.6 is 0 Å². The van der Waals surface area contributed by atoms with E-state index >= 15 is 0 Å². The number of amides is 1. The Morgan fingerprint density at radius 3 is 2.48 bits per heavy atom. The maximum atomic E-state index is 12.7. The van der Waals surface area contributed by atoms with E-state index in [1.54, 1.807) is 0 Å². The van der Waals surface area contributed by atoms with E-state index in [0.29, 0.717) is 12.0 Å². The molecule has 2 nitrogen and oxygen atoms in total. The van der Waals surface area contributed by atoms with E-state index < -0.39 is 0 Å². The zero-order chi connectivity index (χ0) is 16.2. The molecule has 0 saturated carbocycles. The molecule has 0 radical (unpaired) electrons. The molecule has 0 aromatic heterocycles. The number of carbonyl (C=O) groups is 1. The van der Waals surface area contributed by atoms with E-state index in [-0.39, 0.29) is 11.8 Å². The van der Waals surface area contributed by atoms with Gasteiger partial charge in [-0.3, -0.25) is 4.79 Å². The smallest absolute Gasteiger partial charge is 0.230 e. The third-order valence-corrected chi connectivity index (χ3v) is 4.00. The second-order valence-electron chi connectivity index (χ2n) is 6.37. The molecule has 1 aliphatic rings. The topological polar surface area (TPSA) is 20.3 Å². The third kappa shape index (κ3) is 3.87. The summed E-state index contributed by atoms with van der Waals surface area (Å²) in [7, 11) is 0. The number of anilines is 1. The minimum absolute atomic E-state index is 0.105. The fraction of sp³-hybridized carbons (Fsp3) is 0.632. The quantitative estimate of drug-likeness (QED) is 0.768. The maximum Gasteiger partial charge on any atom is 0.230 e. The van der Waals surface area contributed by atoms with Crippen molar-refractivity contribution in [2.24, 2.45) is 11.8 Å². The van der Waals surface area contributed by atoms with Gasteiger partial charge in [0.2, 0.25) is 5.91 Å². The van der Waals surface area contributed by atoms with Crippen molar-refractivity contribution in [1.29, 1.82) is 0 Å². The summed E-state index contributed by atoms with van der Waals surface area (Å²) in [5.74, 6) is 0.954. The van der Waals surface area contributed by atoms with Gasteiger partial charge in [0.15, 0.2) is 0 Å². The van der Waals surface area contributed by atoms with Crippen molar-refractivity contribution < 1.29 is 4.79 Å². The normalized spacial score (nSPS) is 18.1. The molecule has 0 aliphatic carbocycles. The van der Waals surface area contributed by atoms with Crippen LogP contribution in [0.1, 0.15) is 59.1 Å². The molecule has 0 N–H and O–H groups in total. The van der Waals surface area contributed by atoms with Crippen LogP contribution < -0.4 is 4.90 Å². The molecule has 0 fully saturated rings. The lowest BCUT2D eigenvalue weighted by Crippen LogP contribution is -2.39. The summed E-state index contributed by atoms with van der Waals surface area (Å²) >= 11 is 0. The number of hydrogen-bond donors (Lipinski definition) is 0. The first kappa shape index (κ1) is 17.7. The summed E-state index contributed by atoms with van der Waals surface area (Å²) in [5.41, 5.74) is 3.69. The molecule has 2 unspecified atom stereocenters. The monoisotopic (exact) mass is 289 g/mol. The van der Waals surface area contributed by atoms with Crippen LogP contribution in [0.25, 0.3) is 0 Å². The summed E-state index contributed by atoms with van der Waals surface area (Å²) < 4.78 is 0. The number of fused-ring (bicyclic) bond motifs is 1. The molecule has 118 valence electrons. The molecule has 2 atom stereocenters. The summed E-state index contributed by atoms with van der Waals surface area (Å²) in [6, 6.07) is 6.63. The predicted molar refractivity (Wildman–Crippen MR) is 91.8 cm³/mol. The van der Waals surface area contributed by atoms with Gasteiger partial charge in [-0.15, -0.1) is 0 Å². The van der Waals surface area contributed by atoms with Gasteiger partial charge >= 0.3 is 0 Å². The number of carbonyl (C=O) groups excluding carboxylic acids is 1. The molecule has 0 saturated heterocycles. The minimum atomic E-state index is 0.105. The first-order valence-electron chi connectivity index (χ1n) is 8.33. The number of aryl methyl sites for hydroxylation is 1. The Labute approximate surface area is 130 Å². The molecule has 2 heteroatoms. The first-order chi connectivity index (χ1) is 9.91. The lowest BCUT2D eigenvalue weighted by molar-refractivity contribution is -0.122. The van der Waals surface area contributed by atoms with Gasteiger partial charge in [-0.05, 0) is 43.7 Å². The SMILES string of the molecule is CC.Cc1cccc2c1N(C(=O)C(C)CC(C)C)C(C)C2. The van der Waals surface area contributed by atoms with Gasteiger partial charge in [-0.25, -0.2) is 0 Å². The van der Waals surface area contributed by atoms with Crippen LogP contribution in [0.15, 0.2) is 18.2 Å². The van der Waals surface area contributed by atoms with E-state index in [2.05, 4.69) is 52.8 Å². The average molecular weight is 289 g/mol. The molecule has 1 heterocycles. The third-order valence-electron chi connectivity index (χ3n) is 4.00. The molecular weight excluding hydrogens is 258 g/mol. The van der Waals surface area contributed by atoms with E-state index in [1.165, 1.54) is 11.1 Å². The van der Waals surface area contributed by atoms with Gasteiger partial charge in [-0.1, -0.05) is 52.8 Å². The van der Waals surface area contributed by atoms with Crippen molar-refractivity contribution >= 4 is 11.6 Å². The molecule has 1 aliphatic heterocycles. The molecule has 1 aromatic rings. The zero-order valence-corrected chi connectivity index (χ0v) is 14.7. The van der Waals surface area contributed by atoms with E-state index in [4.69, 9.17) is 0 Å². The lowest BCUT2D eigenvalue weighted by Gasteiger charge is -2.27. The summed E-state index contributed by atoms with van der Waals surface area (Å²) in [6.07, 6.45) is 1.94. The van der Waals surface area contributed by atoms with Crippen LogP contribution in [-0.2, 0) is 11.2 Å². The fourth-order valence-corrected chi connectivity index (χ4v) is 3.23. The van der Waals surface area contributed by atoms with Gasteiger partial charge in [0.05, 0.1) is 5.69 Å². The largest absolute Gasteiger partial charge is 0.309 e. The van der Waals surface area contributed by atoms with E-state index in [0.717, 1.165) is 18.5 Å². The van der Waals surface area contributed by atoms with Crippen molar-refractivity contribution in [2.75, 3.05) is 4.90 Å². The molecule has 2 rings (SSSR count). The number of nitrogens with zero attached hydrogens (tertiary/aromatic N) is 1.